The molecule has 0 saturated heterocycles. The van der Waals surface area contributed by atoms with Gasteiger partial charge in [-0.1, -0.05) is 18.2 Å². The summed E-state index contributed by atoms with van der Waals surface area (Å²) >= 11 is 2.61. The molecule has 0 aliphatic carbocycles. The summed E-state index contributed by atoms with van der Waals surface area (Å²) in [5.41, 5.74) is 0.181. The summed E-state index contributed by atoms with van der Waals surface area (Å²) in [7, 11) is -4.08. The Hall–Kier alpha value is -2.30. The van der Waals surface area contributed by atoms with Crippen molar-refractivity contribution < 1.29 is 13.3 Å². The lowest BCUT2D eigenvalue weighted by Crippen LogP contribution is -2.14. The third-order valence-corrected chi connectivity index (χ3v) is 6.02. The second-order valence-electron chi connectivity index (χ2n) is 4.35. The lowest BCUT2D eigenvalue weighted by atomic mass is 10.3. The van der Waals surface area contributed by atoms with E-state index < -0.39 is 25.5 Å². The van der Waals surface area contributed by atoms with E-state index in [-0.39, 0.29) is 5.13 Å². The number of thiazole rings is 1. The first-order chi connectivity index (χ1) is 11.0. The molecule has 3 aromatic rings. The molecule has 23 heavy (non-hydrogen) atoms. The molecule has 0 bridgehead atoms. The van der Waals surface area contributed by atoms with Crippen LogP contribution in [0.3, 0.4) is 0 Å². The van der Waals surface area contributed by atoms with Crippen LogP contribution in [0.1, 0.15) is 0 Å². The Morgan fingerprint density at radius 3 is 2.61 bits per heavy atom. The highest BCUT2D eigenvalue weighted by Gasteiger charge is 2.26. The average Bonchev–Trinajstić information content (AvgIpc) is 3.17. The molecule has 118 valence electrons. The molecule has 2 aromatic heterocycles. The van der Waals surface area contributed by atoms with E-state index in [1.54, 1.807) is 5.38 Å². The van der Waals surface area contributed by atoms with Gasteiger partial charge in [-0.25, -0.2) is 13.4 Å². The number of anilines is 1. The van der Waals surface area contributed by atoms with Gasteiger partial charge in [0.25, 0.3) is 15.7 Å². The van der Waals surface area contributed by atoms with Gasteiger partial charge in [-0.15, -0.1) is 22.7 Å². The van der Waals surface area contributed by atoms with Crippen LogP contribution >= 0.6 is 22.7 Å². The fourth-order valence-corrected chi connectivity index (χ4v) is 4.76. The van der Waals surface area contributed by atoms with E-state index in [0.717, 1.165) is 22.3 Å². The molecule has 0 atom stereocenters. The Morgan fingerprint density at radius 2 is 1.91 bits per heavy atom. The standard InChI is InChI=1S/C13H9N3O4S3/c17-16(18)10-4-1-2-6-12(10)23(19,20)15-13-14-9(8-22-13)11-5-3-7-21-11/h1-8H,(H,14,15). The van der Waals surface area contributed by atoms with Crippen molar-refractivity contribution in [2.75, 3.05) is 4.72 Å². The van der Waals surface area contributed by atoms with E-state index in [0.29, 0.717) is 5.69 Å². The van der Waals surface area contributed by atoms with Crippen molar-refractivity contribution in [1.29, 1.82) is 0 Å². The van der Waals surface area contributed by atoms with E-state index in [4.69, 9.17) is 0 Å². The highest BCUT2D eigenvalue weighted by Crippen LogP contribution is 2.30. The monoisotopic (exact) mass is 367 g/mol. The number of benzene rings is 1. The number of nitrogens with one attached hydrogen (secondary N) is 1. The zero-order chi connectivity index (χ0) is 16.4. The molecule has 0 unspecified atom stereocenters. The second-order valence-corrected chi connectivity index (χ2v) is 7.80. The van der Waals surface area contributed by atoms with Gasteiger partial charge in [-0.05, 0) is 17.5 Å². The normalized spacial score (nSPS) is 11.3. The van der Waals surface area contributed by atoms with Gasteiger partial charge in [0.2, 0.25) is 0 Å². The maximum absolute atomic E-state index is 12.4. The Kier molecular flexibility index (Phi) is 4.11. The van der Waals surface area contributed by atoms with Crippen LogP contribution in [0.4, 0.5) is 10.8 Å². The largest absolute Gasteiger partial charge is 0.289 e. The van der Waals surface area contributed by atoms with Gasteiger partial charge < -0.3 is 0 Å². The van der Waals surface area contributed by atoms with E-state index >= 15 is 0 Å². The molecule has 10 heteroatoms. The zero-order valence-electron chi connectivity index (χ0n) is 11.4. The first-order valence-electron chi connectivity index (χ1n) is 6.23. The molecule has 2 heterocycles. The van der Waals surface area contributed by atoms with Crippen LogP contribution in [0, 0.1) is 10.1 Å². The molecule has 3 rings (SSSR count). The maximum Gasteiger partial charge on any atom is 0.289 e. The number of sulfonamides is 1. The molecule has 0 fully saturated rings. The maximum atomic E-state index is 12.4. The van der Waals surface area contributed by atoms with Crippen molar-refractivity contribution >= 4 is 43.5 Å². The second kappa shape index (κ2) is 6.07. The lowest BCUT2D eigenvalue weighted by Gasteiger charge is -2.05. The minimum absolute atomic E-state index is 0.159. The number of thiophene rings is 1. The first-order valence-corrected chi connectivity index (χ1v) is 9.47. The summed E-state index contributed by atoms with van der Waals surface area (Å²) in [6.07, 6.45) is 0. The van der Waals surface area contributed by atoms with Crippen molar-refractivity contribution in [3.05, 3.63) is 57.3 Å². The van der Waals surface area contributed by atoms with Gasteiger partial charge in [-0.2, -0.15) is 0 Å². The van der Waals surface area contributed by atoms with Gasteiger partial charge in [0.1, 0.15) is 0 Å². The molecular weight excluding hydrogens is 358 g/mol. The summed E-state index contributed by atoms with van der Waals surface area (Å²) in [6.45, 7) is 0. The number of rotatable bonds is 5. The van der Waals surface area contributed by atoms with Gasteiger partial charge in [-0.3, -0.25) is 14.8 Å². The smallest absolute Gasteiger partial charge is 0.258 e. The summed E-state index contributed by atoms with van der Waals surface area (Å²) in [6, 6.07) is 8.92. The van der Waals surface area contributed by atoms with Gasteiger partial charge in [0.05, 0.1) is 15.5 Å². The fourth-order valence-electron chi connectivity index (χ4n) is 1.86. The van der Waals surface area contributed by atoms with Crippen LogP contribution in [-0.2, 0) is 10.0 Å². The van der Waals surface area contributed by atoms with Gasteiger partial charge >= 0.3 is 0 Å². The van der Waals surface area contributed by atoms with Crippen molar-refractivity contribution in [1.82, 2.24) is 4.98 Å². The topological polar surface area (TPSA) is 102 Å². The molecule has 1 aromatic carbocycles. The Bertz CT molecular complexity index is 949. The highest BCUT2D eigenvalue weighted by atomic mass is 32.2. The van der Waals surface area contributed by atoms with E-state index in [9.17, 15) is 18.5 Å². The van der Waals surface area contributed by atoms with Crippen molar-refractivity contribution in [2.45, 2.75) is 4.90 Å². The number of para-hydroxylation sites is 1. The summed E-state index contributed by atoms with van der Waals surface area (Å²) in [4.78, 5) is 15.0. The molecule has 0 aliphatic rings. The molecule has 0 aliphatic heterocycles. The Labute approximate surface area is 139 Å². The number of nitrogens with zero attached hydrogens (tertiary/aromatic N) is 2. The van der Waals surface area contributed by atoms with Gasteiger partial charge in [0, 0.05) is 11.4 Å². The third kappa shape index (κ3) is 3.23. The minimum Gasteiger partial charge on any atom is -0.258 e. The van der Waals surface area contributed by atoms with Crippen molar-refractivity contribution in [3.63, 3.8) is 0 Å². The predicted octanol–water partition coefficient (Wildman–Crippen LogP) is 3.58. The van der Waals surface area contributed by atoms with E-state index in [1.807, 2.05) is 17.5 Å². The third-order valence-electron chi connectivity index (χ3n) is 2.85. The van der Waals surface area contributed by atoms with Crippen LogP contribution in [0.2, 0.25) is 0 Å². The number of nitro benzene ring substituents is 1. The van der Waals surface area contributed by atoms with Crippen molar-refractivity contribution in [3.8, 4) is 10.6 Å². The SMILES string of the molecule is O=[N+]([O-])c1ccccc1S(=O)(=O)Nc1nc(-c2cccs2)cs1. The first kappa shape index (κ1) is 15.6. The summed E-state index contributed by atoms with van der Waals surface area (Å²) in [5, 5.41) is 14.8. The van der Waals surface area contributed by atoms with Crippen LogP contribution in [0.15, 0.2) is 52.1 Å². The highest BCUT2D eigenvalue weighted by molar-refractivity contribution is 7.93. The van der Waals surface area contributed by atoms with E-state index in [1.165, 1.54) is 29.5 Å². The summed E-state index contributed by atoms with van der Waals surface area (Å²) < 4.78 is 27.0. The van der Waals surface area contributed by atoms with Crippen LogP contribution < -0.4 is 4.72 Å². The van der Waals surface area contributed by atoms with E-state index in [2.05, 4.69) is 9.71 Å². The number of hydrogen-bond acceptors (Lipinski definition) is 7. The van der Waals surface area contributed by atoms with Crippen molar-refractivity contribution in [2.24, 2.45) is 0 Å². The molecule has 0 radical (unpaired) electrons. The molecule has 1 N–H and O–H groups in total. The predicted molar refractivity (Wildman–Crippen MR) is 89.3 cm³/mol. The van der Waals surface area contributed by atoms with Crippen LogP contribution in [0.25, 0.3) is 10.6 Å². The minimum atomic E-state index is -4.08. The van der Waals surface area contributed by atoms with Gasteiger partial charge in [0.15, 0.2) is 10.0 Å². The number of hydrogen-bond donors (Lipinski definition) is 1. The zero-order valence-corrected chi connectivity index (χ0v) is 13.8. The lowest BCUT2D eigenvalue weighted by molar-refractivity contribution is -0.387. The fraction of sp³-hybridized carbons (Fsp3) is 0. The average molecular weight is 367 g/mol. The molecule has 0 saturated carbocycles. The quantitative estimate of drug-likeness (QED) is 0.548. The van der Waals surface area contributed by atoms with Crippen LogP contribution in [0.5, 0.6) is 0 Å². The number of aromatic nitrogens is 1. The molecule has 0 amide bonds. The summed E-state index contributed by atoms with van der Waals surface area (Å²) in [5.74, 6) is 0. The van der Waals surface area contributed by atoms with Crippen LogP contribution in [-0.4, -0.2) is 18.3 Å². The molecular formula is C13H9N3O4S3. The molecule has 0 spiro atoms. The Morgan fingerprint density at radius 1 is 1.13 bits per heavy atom. The number of nitro groups is 1. The Balaban J connectivity index is 1.92. The molecule has 7 nitrogen and oxygen atoms in total.